The first-order chi connectivity index (χ1) is 24.0. The Kier molecular flexibility index (Phi) is 11.7. The van der Waals surface area contributed by atoms with E-state index in [2.05, 4.69) is 115 Å². The van der Waals surface area contributed by atoms with Gasteiger partial charge in [-0.1, -0.05) is 117 Å². The summed E-state index contributed by atoms with van der Waals surface area (Å²) in [6.45, 7) is 17.7. The van der Waals surface area contributed by atoms with Gasteiger partial charge in [0, 0.05) is 27.7 Å². The van der Waals surface area contributed by atoms with Crippen molar-refractivity contribution in [2.45, 2.75) is 27.2 Å². The highest BCUT2D eigenvalue weighted by Gasteiger charge is 2.19. The maximum atomic E-state index is 5.97. The second-order valence-electron chi connectivity index (χ2n) is 11.5. The number of furan rings is 1. The van der Waals surface area contributed by atoms with Crippen LogP contribution >= 0.6 is 0 Å². The quantitative estimate of drug-likeness (QED) is 0.113. The number of para-hydroxylation sites is 2. The summed E-state index contributed by atoms with van der Waals surface area (Å²) in [5, 5.41) is 5.99. The number of rotatable bonds is 11. The Morgan fingerprint density at radius 1 is 0.735 bits per heavy atom. The van der Waals surface area contributed by atoms with Crippen LogP contribution in [0.2, 0.25) is 0 Å². The van der Waals surface area contributed by atoms with Crippen molar-refractivity contribution >= 4 is 45.0 Å². The zero-order valence-electron chi connectivity index (χ0n) is 28.7. The molecule has 2 aromatic heterocycles. The van der Waals surface area contributed by atoms with Gasteiger partial charge in [0.25, 0.3) is 0 Å². The Labute approximate surface area is 290 Å². The van der Waals surface area contributed by atoms with Gasteiger partial charge in [-0.2, -0.15) is 0 Å². The van der Waals surface area contributed by atoms with Gasteiger partial charge in [0.1, 0.15) is 11.5 Å². The molecular weight excluding hydrogens is 597 g/mol. The lowest BCUT2D eigenvalue weighted by Crippen LogP contribution is -1.99. The fourth-order valence-corrected chi connectivity index (χ4v) is 5.83. The molecule has 3 nitrogen and oxygen atoms in total. The third kappa shape index (κ3) is 7.91. The highest BCUT2D eigenvalue weighted by atomic mass is 16.3. The van der Waals surface area contributed by atoms with Crippen LogP contribution in [-0.2, 0) is 6.42 Å². The number of benzene rings is 4. The number of aromatic nitrogens is 1. The van der Waals surface area contributed by atoms with E-state index in [0.29, 0.717) is 0 Å². The largest absolute Gasteiger partial charge is 0.461 e. The summed E-state index contributed by atoms with van der Waals surface area (Å²) in [7, 11) is 0. The molecule has 0 aliphatic carbocycles. The highest BCUT2D eigenvalue weighted by molar-refractivity contribution is 6.12. The molecule has 6 rings (SSSR count). The summed E-state index contributed by atoms with van der Waals surface area (Å²) in [6.07, 6.45) is 20.4. The predicted octanol–water partition coefficient (Wildman–Crippen LogP) is 13.2. The number of hydrogen-bond acceptors (Lipinski definition) is 2. The van der Waals surface area contributed by atoms with Crippen LogP contribution in [-0.4, -0.2) is 4.57 Å². The summed E-state index contributed by atoms with van der Waals surface area (Å²) in [5.41, 5.74) is 9.96. The fourth-order valence-electron chi connectivity index (χ4n) is 5.83. The number of fused-ring (bicyclic) bond motifs is 3. The Hall–Kier alpha value is -6.06. The minimum Gasteiger partial charge on any atom is -0.461 e. The molecule has 0 spiro atoms. The van der Waals surface area contributed by atoms with Crippen LogP contribution in [0.5, 0.6) is 0 Å². The lowest BCUT2D eigenvalue weighted by Gasteiger charge is -2.14. The Bertz CT molecular complexity index is 2190. The van der Waals surface area contributed by atoms with E-state index in [9.17, 15) is 0 Å². The van der Waals surface area contributed by atoms with E-state index in [1.807, 2.05) is 81.5 Å². The van der Waals surface area contributed by atoms with E-state index >= 15 is 0 Å². The summed E-state index contributed by atoms with van der Waals surface area (Å²) >= 11 is 0. The number of nitrogens with zero attached hydrogens (tertiary/aromatic N) is 1. The summed E-state index contributed by atoms with van der Waals surface area (Å²) in [4.78, 5) is 0. The molecule has 49 heavy (non-hydrogen) atoms. The zero-order valence-corrected chi connectivity index (χ0v) is 28.7. The number of allylic oxidation sites excluding steroid dienone is 9. The van der Waals surface area contributed by atoms with E-state index < -0.39 is 0 Å². The van der Waals surface area contributed by atoms with Crippen LogP contribution in [0.1, 0.15) is 36.5 Å². The van der Waals surface area contributed by atoms with Crippen molar-refractivity contribution in [1.29, 1.82) is 0 Å². The molecule has 2 heterocycles. The summed E-state index contributed by atoms with van der Waals surface area (Å²) < 4.78 is 8.28. The van der Waals surface area contributed by atoms with E-state index in [-0.39, 0.29) is 0 Å². The first-order valence-electron chi connectivity index (χ1n) is 16.6. The lowest BCUT2D eigenvalue weighted by atomic mass is 9.98. The monoisotopic (exact) mass is 640 g/mol. The maximum Gasteiger partial charge on any atom is 0.127 e. The maximum absolute atomic E-state index is 5.97. The van der Waals surface area contributed by atoms with Crippen molar-refractivity contribution in [1.82, 2.24) is 4.57 Å². The Balaban J connectivity index is 0.00000111. The van der Waals surface area contributed by atoms with Gasteiger partial charge in [0.2, 0.25) is 0 Å². The second kappa shape index (κ2) is 16.7. The van der Waals surface area contributed by atoms with Crippen LogP contribution in [0.3, 0.4) is 0 Å². The van der Waals surface area contributed by atoms with Gasteiger partial charge < -0.3 is 14.3 Å². The molecule has 0 aliphatic rings. The molecule has 3 heteroatoms. The highest BCUT2D eigenvalue weighted by Crippen LogP contribution is 2.38. The molecule has 244 valence electrons. The minimum absolute atomic E-state index is 0.744. The first kappa shape index (κ1) is 34.3. The Morgan fingerprint density at radius 3 is 2.16 bits per heavy atom. The van der Waals surface area contributed by atoms with E-state index in [1.54, 1.807) is 12.2 Å². The third-order valence-corrected chi connectivity index (χ3v) is 8.26. The second-order valence-corrected chi connectivity index (χ2v) is 11.5. The Morgan fingerprint density at radius 2 is 1.45 bits per heavy atom. The molecule has 0 radical (unpaired) electrons. The van der Waals surface area contributed by atoms with Crippen LogP contribution in [0.15, 0.2) is 176 Å². The van der Waals surface area contributed by atoms with Crippen molar-refractivity contribution < 1.29 is 4.42 Å². The van der Waals surface area contributed by atoms with Gasteiger partial charge in [0.05, 0.1) is 16.7 Å². The van der Waals surface area contributed by atoms with Crippen molar-refractivity contribution in [2.75, 3.05) is 5.32 Å². The van der Waals surface area contributed by atoms with Crippen molar-refractivity contribution in [2.24, 2.45) is 0 Å². The standard InChI is InChI=1S/C42H36N2O.C4H8/c1-5-8-9-10-12-18-33-27-31(23-25-39(33)43-34-19-13-11-14-20-34)32-24-26-42-38(28-32)36-21-15-16-22-41(36)44(42)40(17-6-2)37-29-35(7-3)45-30(37)4;1-3-4-2/h5-17,19-29,43H,1-3,18H2,4H3;3-4H,1-2H3/b9-8-,12-10-,40-17+;4-3-. The zero-order chi connectivity index (χ0) is 34.6. The lowest BCUT2D eigenvalue weighted by molar-refractivity contribution is 0.524. The van der Waals surface area contributed by atoms with E-state index in [4.69, 9.17) is 4.42 Å². The van der Waals surface area contributed by atoms with Gasteiger partial charge in [-0.05, 0) is 105 Å². The van der Waals surface area contributed by atoms with Gasteiger partial charge in [-0.3, -0.25) is 0 Å². The molecule has 0 unspecified atom stereocenters. The molecule has 4 aromatic carbocycles. The third-order valence-electron chi connectivity index (χ3n) is 8.26. The molecule has 0 bridgehead atoms. The average molecular weight is 641 g/mol. The topological polar surface area (TPSA) is 30.1 Å². The number of nitrogens with one attached hydrogen (secondary N) is 1. The SMILES string of the molecule is C/C=C\C.C=C/C=C\C=C/Cc1cc(-c2ccc3c(c2)c2ccccc2n3/C(=C/C=C)c2cc(C=C)oc2C)ccc1Nc1ccccc1. The van der Waals surface area contributed by atoms with Gasteiger partial charge in [-0.15, -0.1) is 0 Å². The van der Waals surface area contributed by atoms with Crippen molar-refractivity contribution in [3.63, 3.8) is 0 Å². The fraction of sp³-hybridized carbons (Fsp3) is 0.0870. The molecule has 1 N–H and O–H groups in total. The van der Waals surface area contributed by atoms with Crippen LogP contribution in [0, 0.1) is 6.92 Å². The summed E-state index contributed by atoms with van der Waals surface area (Å²) in [6, 6.07) is 34.3. The number of anilines is 2. The van der Waals surface area contributed by atoms with Crippen LogP contribution < -0.4 is 5.32 Å². The van der Waals surface area contributed by atoms with Crippen LogP contribution in [0.4, 0.5) is 11.4 Å². The predicted molar refractivity (Wildman–Crippen MR) is 214 cm³/mol. The average Bonchev–Trinajstić information content (AvgIpc) is 3.68. The van der Waals surface area contributed by atoms with Gasteiger partial charge in [-0.25, -0.2) is 0 Å². The normalized spacial score (nSPS) is 11.8. The molecule has 0 aliphatic heterocycles. The minimum atomic E-state index is 0.744. The first-order valence-corrected chi connectivity index (χ1v) is 16.6. The van der Waals surface area contributed by atoms with Crippen molar-refractivity contribution in [3.8, 4) is 11.1 Å². The molecule has 0 saturated carbocycles. The molecule has 0 atom stereocenters. The molecule has 6 aromatic rings. The van der Waals surface area contributed by atoms with Gasteiger partial charge >= 0.3 is 0 Å². The number of hydrogen-bond donors (Lipinski definition) is 1. The van der Waals surface area contributed by atoms with Crippen LogP contribution in [0.25, 0.3) is 44.7 Å². The van der Waals surface area contributed by atoms with Gasteiger partial charge in [0.15, 0.2) is 0 Å². The summed E-state index contributed by atoms with van der Waals surface area (Å²) in [5.74, 6) is 1.58. The van der Waals surface area contributed by atoms with E-state index in [0.717, 1.165) is 57.2 Å². The smallest absolute Gasteiger partial charge is 0.127 e. The number of aryl methyl sites for hydroxylation is 1. The van der Waals surface area contributed by atoms with Crippen molar-refractivity contribution in [3.05, 3.63) is 194 Å². The molecule has 0 saturated heterocycles. The molecule has 0 amide bonds. The molecule has 0 fully saturated rings. The van der Waals surface area contributed by atoms with E-state index in [1.165, 1.54) is 21.9 Å². The molecular formula is C46H44N2O.